The molecule has 2 aliphatic rings. The minimum atomic E-state index is 0.448. The first-order chi connectivity index (χ1) is 8.84. The molecule has 0 spiro atoms. The van der Waals surface area contributed by atoms with Gasteiger partial charge in [-0.2, -0.15) is 0 Å². The molecular weight excluding hydrogens is 220 g/mol. The summed E-state index contributed by atoms with van der Waals surface area (Å²) in [5.74, 6) is 0. The Hall–Kier alpha value is -1.02. The predicted molar refractivity (Wildman–Crippen MR) is 77.0 cm³/mol. The van der Waals surface area contributed by atoms with Gasteiger partial charge >= 0.3 is 0 Å². The first-order valence-electron chi connectivity index (χ1n) is 7.45. The SMILES string of the molecule is NC1CCC(N2CCCCc3ccccc32)CC1. The van der Waals surface area contributed by atoms with Crippen molar-refractivity contribution in [3.8, 4) is 0 Å². The Morgan fingerprint density at radius 1 is 1.00 bits per heavy atom. The molecule has 1 aliphatic carbocycles. The zero-order valence-corrected chi connectivity index (χ0v) is 11.1. The van der Waals surface area contributed by atoms with Gasteiger partial charge in [0.05, 0.1) is 0 Å². The summed E-state index contributed by atoms with van der Waals surface area (Å²) in [7, 11) is 0. The normalized spacial score (nSPS) is 28.6. The minimum absolute atomic E-state index is 0.448. The molecule has 2 N–H and O–H groups in total. The molecule has 1 aromatic carbocycles. The van der Waals surface area contributed by atoms with Crippen LogP contribution in [0.15, 0.2) is 24.3 Å². The number of aryl methyl sites for hydroxylation is 1. The first kappa shape index (κ1) is 12.0. The summed E-state index contributed by atoms with van der Waals surface area (Å²) < 4.78 is 0. The molecule has 2 heteroatoms. The van der Waals surface area contributed by atoms with E-state index in [1.807, 2.05) is 0 Å². The molecule has 1 aliphatic heterocycles. The predicted octanol–water partition coefficient (Wildman–Crippen LogP) is 3.10. The van der Waals surface area contributed by atoms with Gasteiger partial charge in [-0.3, -0.25) is 0 Å². The number of benzene rings is 1. The number of para-hydroxylation sites is 1. The zero-order valence-electron chi connectivity index (χ0n) is 11.1. The fraction of sp³-hybridized carbons (Fsp3) is 0.625. The first-order valence-corrected chi connectivity index (χ1v) is 7.45. The van der Waals surface area contributed by atoms with Crippen molar-refractivity contribution in [2.24, 2.45) is 5.73 Å². The molecule has 0 radical (unpaired) electrons. The quantitative estimate of drug-likeness (QED) is 0.822. The molecule has 1 aromatic rings. The second kappa shape index (κ2) is 5.31. The van der Waals surface area contributed by atoms with Crippen LogP contribution in [0, 0.1) is 0 Å². The van der Waals surface area contributed by atoms with E-state index < -0.39 is 0 Å². The molecule has 0 aromatic heterocycles. The smallest absolute Gasteiger partial charge is 0.0401 e. The van der Waals surface area contributed by atoms with Gasteiger partial charge in [0.2, 0.25) is 0 Å². The summed E-state index contributed by atoms with van der Waals surface area (Å²) in [6.45, 7) is 1.23. The lowest BCUT2D eigenvalue weighted by atomic mass is 9.90. The van der Waals surface area contributed by atoms with Crippen LogP contribution in [0.4, 0.5) is 5.69 Å². The lowest BCUT2D eigenvalue weighted by Gasteiger charge is -2.38. The highest BCUT2D eigenvalue weighted by atomic mass is 15.2. The lowest BCUT2D eigenvalue weighted by Crippen LogP contribution is -2.41. The summed E-state index contributed by atoms with van der Waals surface area (Å²) in [6, 6.07) is 10.2. The lowest BCUT2D eigenvalue weighted by molar-refractivity contribution is 0.375. The average Bonchev–Trinajstić information content (AvgIpc) is 2.62. The number of hydrogen-bond acceptors (Lipinski definition) is 2. The van der Waals surface area contributed by atoms with Crippen molar-refractivity contribution in [1.29, 1.82) is 0 Å². The van der Waals surface area contributed by atoms with Crippen LogP contribution in [0.3, 0.4) is 0 Å². The van der Waals surface area contributed by atoms with Crippen LogP contribution in [-0.2, 0) is 6.42 Å². The molecule has 18 heavy (non-hydrogen) atoms. The largest absolute Gasteiger partial charge is 0.368 e. The Morgan fingerprint density at radius 2 is 1.78 bits per heavy atom. The number of anilines is 1. The van der Waals surface area contributed by atoms with E-state index in [9.17, 15) is 0 Å². The van der Waals surface area contributed by atoms with E-state index in [0.717, 1.165) is 6.04 Å². The summed E-state index contributed by atoms with van der Waals surface area (Å²) in [5, 5.41) is 0. The standard InChI is InChI=1S/C16H24N2/c17-14-8-10-15(11-9-14)18-12-4-3-6-13-5-1-2-7-16(13)18/h1-2,5,7,14-15H,3-4,6,8-12,17H2. The molecule has 0 saturated heterocycles. The molecule has 0 bridgehead atoms. The number of rotatable bonds is 1. The summed E-state index contributed by atoms with van der Waals surface area (Å²) >= 11 is 0. The van der Waals surface area contributed by atoms with E-state index in [4.69, 9.17) is 5.73 Å². The van der Waals surface area contributed by atoms with Crippen LogP contribution in [0.5, 0.6) is 0 Å². The Bertz CT molecular complexity index is 394. The fourth-order valence-corrected chi connectivity index (χ4v) is 3.51. The summed E-state index contributed by atoms with van der Waals surface area (Å²) in [5.41, 5.74) is 9.08. The van der Waals surface area contributed by atoms with Crippen molar-refractivity contribution >= 4 is 5.69 Å². The van der Waals surface area contributed by atoms with Crippen LogP contribution in [-0.4, -0.2) is 18.6 Å². The maximum atomic E-state index is 6.03. The van der Waals surface area contributed by atoms with Crippen LogP contribution >= 0.6 is 0 Å². The van der Waals surface area contributed by atoms with E-state index in [1.165, 1.54) is 57.2 Å². The van der Waals surface area contributed by atoms with Crippen molar-refractivity contribution in [2.45, 2.75) is 57.0 Å². The Balaban J connectivity index is 1.83. The van der Waals surface area contributed by atoms with Gasteiger partial charge in [0.15, 0.2) is 0 Å². The van der Waals surface area contributed by atoms with Crippen LogP contribution in [0.25, 0.3) is 0 Å². The highest BCUT2D eigenvalue weighted by Crippen LogP contribution is 2.32. The van der Waals surface area contributed by atoms with Gasteiger partial charge < -0.3 is 10.6 Å². The molecular formula is C16H24N2. The maximum Gasteiger partial charge on any atom is 0.0401 e. The van der Waals surface area contributed by atoms with Crippen molar-refractivity contribution in [3.05, 3.63) is 29.8 Å². The molecule has 0 unspecified atom stereocenters. The Kier molecular flexibility index (Phi) is 3.55. The van der Waals surface area contributed by atoms with Crippen LogP contribution < -0.4 is 10.6 Å². The van der Waals surface area contributed by atoms with E-state index >= 15 is 0 Å². The van der Waals surface area contributed by atoms with Gasteiger partial charge in [0, 0.05) is 24.3 Å². The highest BCUT2D eigenvalue weighted by molar-refractivity contribution is 5.55. The third kappa shape index (κ3) is 2.39. The summed E-state index contributed by atoms with van der Waals surface area (Å²) in [4.78, 5) is 2.67. The molecule has 2 nitrogen and oxygen atoms in total. The van der Waals surface area contributed by atoms with Gasteiger partial charge in [0.25, 0.3) is 0 Å². The van der Waals surface area contributed by atoms with E-state index in [0.29, 0.717) is 6.04 Å². The molecule has 1 heterocycles. The van der Waals surface area contributed by atoms with Gasteiger partial charge in [-0.05, 0) is 56.6 Å². The Labute approximate surface area is 110 Å². The third-order valence-electron chi connectivity index (χ3n) is 4.58. The van der Waals surface area contributed by atoms with Gasteiger partial charge in [-0.15, -0.1) is 0 Å². The molecule has 0 atom stereocenters. The van der Waals surface area contributed by atoms with Gasteiger partial charge in [-0.25, -0.2) is 0 Å². The fourth-order valence-electron chi connectivity index (χ4n) is 3.51. The van der Waals surface area contributed by atoms with E-state index in [2.05, 4.69) is 29.2 Å². The second-order valence-electron chi connectivity index (χ2n) is 5.85. The van der Waals surface area contributed by atoms with Crippen LogP contribution in [0.2, 0.25) is 0 Å². The van der Waals surface area contributed by atoms with Gasteiger partial charge in [-0.1, -0.05) is 18.2 Å². The van der Waals surface area contributed by atoms with E-state index in [1.54, 1.807) is 5.56 Å². The third-order valence-corrected chi connectivity index (χ3v) is 4.58. The number of hydrogen-bond donors (Lipinski definition) is 1. The van der Waals surface area contributed by atoms with Crippen LogP contribution in [0.1, 0.15) is 44.1 Å². The van der Waals surface area contributed by atoms with E-state index in [-0.39, 0.29) is 0 Å². The van der Waals surface area contributed by atoms with Crippen molar-refractivity contribution in [2.75, 3.05) is 11.4 Å². The molecule has 1 saturated carbocycles. The highest BCUT2D eigenvalue weighted by Gasteiger charge is 2.26. The topological polar surface area (TPSA) is 29.3 Å². The summed E-state index contributed by atoms with van der Waals surface area (Å²) in [6.07, 6.45) is 8.85. The number of nitrogens with two attached hydrogens (primary N) is 1. The molecule has 1 fully saturated rings. The Morgan fingerprint density at radius 3 is 2.61 bits per heavy atom. The molecule has 98 valence electrons. The van der Waals surface area contributed by atoms with Gasteiger partial charge in [0.1, 0.15) is 0 Å². The van der Waals surface area contributed by atoms with Crippen molar-refractivity contribution < 1.29 is 0 Å². The number of nitrogens with zero attached hydrogens (tertiary/aromatic N) is 1. The average molecular weight is 244 g/mol. The molecule has 0 amide bonds. The maximum absolute atomic E-state index is 6.03. The van der Waals surface area contributed by atoms with Crippen molar-refractivity contribution in [3.63, 3.8) is 0 Å². The monoisotopic (exact) mass is 244 g/mol. The van der Waals surface area contributed by atoms with Crippen molar-refractivity contribution in [1.82, 2.24) is 0 Å². The molecule has 3 rings (SSSR count). The minimum Gasteiger partial charge on any atom is -0.368 e. The number of fused-ring (bicyclic) bond motifs is 1. The zero-order chi connectivity index (χ0) is 12.4. The second-order valence-corrected chi connectivity index (χ2v) is 5.85.